The number of hydrogen-bond acceptors (Lipinski definition) is 6. The van der Waals surface area contributed by atoms with E-state index in [-0.39, 0.29) is 24.5 Å². The molecule has 0 aromatic heterocycles. The molecule has 0 radical (unpaired) electrons. The Kier molecular flexibility index (Phi) is 5.79. The first-order chi connectivity index (χ1) is 14.9. The van der Waals surface area contributed by atoms with Crippen LogP contribution < -0.4 is 16.0 Å². The summed E-state index contributed by atoms with van der Waals surface area (Å²) in [5.41, 5.74) is 3.48. The molecule has 2 aromatic carbocycles. The number of carbonyl (C=O) groups is 4. The molecule has 31 heavy (non-hydrogen) atoms. The van der Waals surface area contributed by atoms with Gasteiger partial charge < -0.3 is 10.4 Å². The molecule has 160 valence electrons. The number of urea groups is 1. The summed E-state index contributed by atoms with van der Waals surface area (Å²) in [6, 6.07) is 10.8. The molecule has 5 amide bonds. The lowest BCUT2D eigenvalue weighted by Crippen LogP contribution is -2.50. The van der Waals surface area contributed by atoms with Crippen LogP contribution >= 0.6 is 0 Å². The molecule has 0 bridgehead atoms. The third-order valence-electron chi connectivity index (χ3n) is 5.49. The Morgan fingerprint density at radius 2 is 1.81 bits per heavy atom. The quantitative estimate of drug-likeness (QED) is 0.550. The number of carbonyl (C=O) groups excluding carboxylic acids is 4. The van der Waals surface area contributed by atoms with Gasteiger partial charge in [-0.15, -0.1) is 0 Å². The maximum absolute atomic E-state index is 12.5. The van der Waals surface area contributed by atoms with Gasteiger partial charge in [0.25, 0.3) is 5.91 Å². The highest BCUT2D eigenvalue weighted by Gasteiger charge is 2.34. The minimum Gasteiger partial charge on any atom is -0.392 e. The lowest BCUT2D eigenvalue weighted by atomic mass is 10.0. The van der Waals surface area contributed by atoms with Gasteiger partial charge in [0.2, 0.25) is 11.8 Å². The normalized spacial score (nSPS) is 18.3. The number of fused-ring (bicyclic) bond motifs is 1. The van der Waals surface area contributed by atoms with Crippen molar-refractivity contribution in [2.24, 2.45) is 0 Å². The SMILES string of the molecule is O=C1CCC(N2Cc3ccc(C(=O)NC(=O)Nc4ccc(CO)cc4)cc3C2)C(=O)N1. The molecule has 0 spiro atoms. The van der Waals surface area contributed by atoms with Crippen LogP contribution in [-0.2, 0) is 29.3 Å². The second-order valence-electron chi connectivity index (χ2n) is 7.62. The number of nitrogens with one attached hydrogen (secondary N) is 3. The third-order valence-corrected chi connectivity index (χ3v) is 5.49. The lowest BCUT2D eigenvalue weighted by molar-refractivity contribution is -0.137. The van der Waals surface area contributed by atoms with E-state index < -0.39 is 11.9 Å². The zero-order valence-electron chi connectivity index (χ0n) is 16.7. The molecule has 4 rings (SSSR count). The summed E-state index contributed by atoms with van der Waals surface area (Å²) in [7, 11) is 0. The van der Waals surface area contributed by atoms with Gasteiger partial charge >= 0.3 is 6.03 Å². The van der Waals surface area contributed by atoms with Crippen molar-refractivity contribution in [3.63, 3.8) is 0 Å². The van der Waals surface area contributed by atoms with Crippen LogP contribution in [0.4, 0.5) is 10.5 Å². The van der Waals surface area contributed by atoms with Crippen LogP contribution in [0.5, 0.6) is 0 Å². The summed E-state index contributed by atoms with van der Waals surface area (Å²) in [5, 5.41) is 16.3. The topological polar surface area (TPSA) is 128 Å². The van der Waals surface area contributed by atoms with E-state index in [2.05, 4.69) is 16.0 Å². The molecule has 1 unspecified atom stereocenters. The predicted molar refractivity (Wildman–Crippen MR) is 111 cm³/mol. The lowest BCUT2D eigenvalue weighted by Gasteiger charge is -2.29. The number of aliphatic hydroxyl groups excluding tert-OH is 1. The number of aliphatic hydroxyl groups is 1. The van der Waals surface area contributed by atoms with E-state index in [0.29, 0.717) is 42.7 Å². The molecule has 9 heteroatoms. The van der Waals surface area contributed by atoms with Gasteiger partial charge in [0.1, 0.15) is 0 Å². The summed E-state index contributed by atoms with van der Waals surface area (Å²) in [6.45, 7) is 0.963. The van der Waals surface area contributed by atoms with Gasteiger partial charge in [-0.1, -0.05) is 18.2 Å². The first-order valence-corrected chi connectivity index (χ1v) is 9.94. The van der Waals surface area contributed by atoms with E-state index in [1.807, 2.05) is 11.0 Å². The Hall–Kier alpha value is -3.56. The van der Waals surface area contributed by atoms with Crippen molar-refractivity contribution in [3.8, 4) is 0 Å². The second-order valence-corrected chi connectivity index (χ2v) is 7.62. The average molecular weight is 422 g/mol. The van der Waals surface area contributed by atoms with E-state index in [1.54, 1.807) is 36.4 Å². The highest BCUT2D eigenvalue weighted by Crippen LogP contribution is 2.28. The van der Waals surface area contributed by atoms with Crippen LogP contribution in [0, 0.1) is 0 Å². The molecule has 2 heterocycles. The molecule has 9 nitrogen and oxygen atoms in total. The van der Waals surface area contributed by atoms with E-state index in [4.69, 9.17) is 5.11 Å². The fourth-order valence-electron chi connectivity index (χ4n) is 3.84. The summed E-state index contributed by atoms with van der Waals surface area (Å²) in [4.78, 5) is 50.1. The zero-order valence-corrected chi connectivity index (χ0v) is 16.7. The van der Waals surface area contributed by atoms with Gasteiger partial charge in [-0.2, -0.15) is 0 Å². The number of imide groups is 2. The van der Waals surface area contributed by atoms with Crippen molar-refractivity contribution in [1.82, 2.24) is 15.5 Å². The molecule has 1 fully saturated rings. The minimum absolute atomic E-state index is 0.0930. The largest absolute Gasteiger partial charge is 0.392 e. The van der Waals surface area contributed by atoms with E-state index in [1.165, 1.54) is 0 Å². The number of amides is 5. The molecule has 2 aliphatic rings. The Labute approximate surface area is 178 Å². The van der Waals surface area contributed by atoms with E-state index in [0.717, 1.165) is 11.1 Å². The van der Waals surface area contributed by atoms with Crippen molar-refractivity contribution in [3.05, 3.63) is 64.7 Å². The van der Waals surface area contributed by atoms with Crippen molar-refractivity contribution >= 4 is 29.4 Å². The molecule has 0 saturated carbocycles. The summed E-state index contributed by atoms with van der Waals surface area (Å²) in [5.74, 6) is -1.07. The summed E-state index contributed by atoms with van der Waals surface area (Å²) >= 11 is 0. The average Bonchev–Trinajstić information content (AvgIpc) is 3.17. The van der Waals surface area contributed by atoms with Crippen LogP contribution in [-0.4, -0.2) is 39.8 Å². The fraction of sp³-hybridized carbons (Fsp3) is 0.273. The number of anilines is 1. The number of piperidine rings is 1. The minimum atomic E-state index is -0.660. The number of rotatable bonds is 4. The standard InChI is InChI=1S/C22H22N4O5/c27-12-13-1-5-17(6-2-13)23-22(31)25-20(29)14-3-4-15-10-26(11-16(15)9-14)18-7-8-19(28)24-21(18)30/h1-6,9,18,27H,7-8,10-12H2,(H,24,28,30)(H2,23,25,29,31). The summed E-state index contributed by atoms with van der Waals surface area (Å²) in [6.07, 6.45) is 0.792. The Morgan fingerprint density at radius 3 is 2.52 bits per heavy atom. The molecule has 1 atom stereocenters. The molecule has 2 aliphatic heterocycles. The fourth-order valence-corrected chi connectivity index (χ4v) is 3.84. The summed E-state index contributed by atoms with van der Waals surface area (Å²) < 4.78 is 0. The zero-order chi connectivity index (χ0) is 22.0. The van der Waals surface area contributed by atoms with Crippen LogP contribution in [0.15, 0.2) is 42.5 Å². The Balaban J connectivity index is 1.37. The molecule has 4 N–H and O–H groups in total. The smallest absolute Gasteiger partial charge is 0.326 e. The van der Waals surface area contributed by atoms with Gasteiger partial charge in [0.05, 0.1) is 12.6 Å². The molecule has 2 aromatic rings. The number of benzene rings is 2. The van der Waals surface area contributed by atoms with Gasteiger partial charge in [-0.3, -0.25) is 29.9 Å². The molecule has 0 aliphatic carbocycles. The van der Waals surface area contributed by atoms with Crippen molar-refractivity contribution in [2.45, 2.75) is 38.6 Å². The first kappa shape index (κ1) is 20.7. The van der Waals surface area contributed by atoms with Crippen LogP contribution in [0.25, 0.3) is 0 Å². The van der Waals surface area contributed by atoms with Crippen LogP contribution in [0.1, 0.15) is 39.9 Å². The van der Waals surface area contributed by atoms with Crippen molar-refractivity contribution in [2.75, 3.05) is 5.32 Å². The molecule has 1 saturated heterocycles. The highest BCUT2D eigenvalue weighted by molar-refractivity contribution is 6.08. The maximum Gasteiger partial charge on any atom is 0.326 e. The van der Waals surface area contributed by atoms with E-state index in [9.17, 15) is 19.2 Å². The van der Waals surface area contributed by atoms with Gasteiger partial charge in [0, 0.05) is 30.8 Å². The maximum atomic E-state index is 12.5. The van der Waals surface area contributed by atoms with Crippen LogP contribution in [0.2, 0.25) is 0 Å². The van der Waals surface area contributed by atoms with Gasteiger partial charge in [-0.25, -0.2) is 4.79 Å². The van der Waals surface area contributed by atoms with Crippen molar-refractivity contribution < 1.29 is 24.3 Å². The molecular formula is C22H22N4O5. The molecular weight excluding hydrogens is 400 g/mol. The highest BCUT2D eigenvalue weighted by atomic mass is 16.3. The predicted octanol–water partition coefficient (Wildman–Crippen LogP) is 1.26. The van der Waals surface area contributed by atoms with Gasteiger partial charge in [0.15, 0.2) is 0 Å². The number of nitrogens with zero attached hydrogens (tertiary/aromatic N) is 1. The Bertz CT molecular complexity index is 1050. The van der Waals surface area contributed by atoms with Crippen LogP contribution in [0.3, 0.4) is 0 Å². The monoisotopic (exact) mass is 422 g/mol. The third kappa shape index (κ3) is 4.62. The van der Waals surface area contributed by atoms with Gasteiger partial charge in [-0.05, 0) is 47.4 Å². The first-order valence-electron chi connectivity index (χ1n) is 9.94. The number of hydrogen-bond donors (Lipinski definition) is 4. The van der Waals surface area contributed by atoms with E-state index >= 15 is 0 Å². The Morgan fingerprint density at radius 1 is 1.06 bits per heavy atom. The second kappa shape index (κ2) is 8.66. The van der Waals surface area contributed by atoms with Crippen molar-refractivity contribution in [1.29, 1.82) is 0 Å².